The molecule has 1 atom stereocenters. The maximum Gasteiger partial charge on any atom is 0.283 e. The maximum absolute atomic E-state index is 12.4. The van der Waals surface area contributed by atoms with Gasteiger partial charge in [0.2, 0.25) is 0 Å². The van der Waals surface area contributed by atoms with Gasteiger partial charge in [-0.3, -0.25) is 9.59 Å². The molecule has 1 saturated heterocycles. The SMILES string of the molecule is O=C1N=C2C=CC=CC2S/C1=C/c1ccc(C(=O)NCCCN2CCCCCC2)cc1. The molecule has 1 fully saturated rings. The molecule has 162 valence electrons. The zero-order chi connectivity index (χ0) is 21.5. The van der Waals surface area contributed by atoms with E-state index in [1.165, 1.54) is 50.5 Å². The molecule has 1 unspecified atom stereocenters. The van der Waals surface area contributed by atoms with Gasteiger partial charge < -0.3 is 10.2 Å². The molecule has 6 heteroatoms. The number of likely N-dealkylation sites (tertiary alicyclic amines) is 1. The van der Waals surface area contributed by atoms with Crippen LogP contribution < -0.4 is 5.32 Å². The van der Waals surface area contributed by atoms with Crippen molar-refractivity contribution in [2.24, 2.45) is 4.99 Å². The minimum absolute atomic E-state index is 0.0495. The van der Waals surface area contributed by atoms with Crippen molar-refractivity contribution in [2.45, 2.75) is 37.4 Å². The fraction of sp³-hybridized carbons (Fsp3) is 0.400. The highest BCUT2D eigenvalue weighted by Gasteiger charge is 2.25. The predicted octanol–water partition coefficient (Wildman–Crippen LogP) is 4.23. The number of rotatable bonds is 6. The lowest BCUT2D eigenvalue weighted by Gasteiger charge is -2.20. The van der Waals surface area contributed by atoms with Crippen LogP contribution in [0.15, 0.2) is 58.5 Å². The summed E-state index contributed by atoms with van der Waals surface area (Å²) in [6.07, 6.45) is 15.9. The van der Waals surface area contributed by atoms with Crippen molar-refractivity contribution >= 4 is 35.4 Å². The highest BCUT2D eigenvalue weighted by atomic mass is 32.2. The third kappa shape index (κ3) is 6.05. The fourth-order valence-corrected chi connectivity index (χ4v) is 5.06. The van der Waals surface area contributed by atoms with Crippen molar-refractivity contribution in [1.82, 2.24) is 10.2 Å². The van der Waals surface area contributed by atoms with Crippen LogP contribution in [0, 0.1) is 0 Å². The van der Waals surface area contributed by atoms with Crippen molar-refractivity contribution < 1.29 is 9.59 Å². The number of fused-ring (bicyclic) bond motifs is 1. The topological polar surface area (TPSA) is 61.8 Å². The van der Waals surface area contributed by atoms with E-state index in [1.54, 1.807) is 0 Å². The summed E-state index contributed by atoms with van der Waals surface area (Å²) in [5, 5.41) is 3.11. The highest BCUT2D eigenvalue weighted by Crippen LogP contribution is 2.32. The quantitative estimate of drug-likeness (QED) is 0.537. The Balaban J connectivity index is 1.28. The van der Waals surface area contributed by atoms with Gasteiger partial charge in [0.1, 0.15) is 0 Å². The van der Waals surface area contributed by atoms with Gasteiger partial charge in [-0.15, -0.1) is 11.8 Å². The number of thioether (sulfide) groups is 1. The third-order valence-electron chi connectivity index (χ3n) is 5.76. The molecule has 1 aliphatic carbocycles. The molecule has 2 aliphatic heterocycles. The molecule has 5 nitrogen and oxygen atoms in total. The first-order valence-electron chi connectivity index (χ1n) is 11.2. The van der Waals surface area contributed by atoms with Crippen molar-refractivity contribution in [2.75, 3.05) is 26.2 Å². The van der Waals surface area contributed by atoms with Crippen molar-refractivity contribution in [1.29, 1.82) is 0 Å². The number of hydrogen-bond acceptors (Lipinski definition) is 4. The van der Waals surface area contributed by atoms with Crippen LogP contribution in [0.4, 0.5) is 0 Å². The molecule has 2 heterocycles. The van der Waals surface area contributed by atoms with Crippen LogP contribution in [0.25, 0.3) is 6.08 Å². The summed E-state index contributed by atoms with van der Waals surface area (Å²) in [6, 6.07) is 7.38. The van der Waals surface area contributed by atoms with Gasteiger partial charge in [-0.05, 0) is 68.7 Å². The van der Waals surface area contributed by atoms with Crippen LogP contribution in [0.5, 0.6) is 0 Å². The zero-order valence-electron chi connectivity index (χ0n) is 17.8. The van der Waals surface area contributed by atoms with Crippen molar-refractivity contribution in [3.63, 3.8) is 0 Å². The molecule has 0 bridgehead atoms. The van der Waals surface area contributed by atoms with Gasteiger partial charge in [0.15, 0.2) is 0 Å². The third-order valence-corrected chi connectivity index (χ3v) is 6.96. The van der Waals surface area contributed by atoms with E-state index < -0.39 is 0 Å². The number of benzene rings is 1. The van der Waals surface area contributed by atoms with Crippen molar-refractivity contribution in [3.8, 4) is 0 Å². The largest absolute Gasteiger partial charge is 0.352 e. The van der Waals surface area contributed by atoms with Crippen LogP contribution >= 0.6 is 11.8 Å². The zero-order valence-corrected chi connectivity index (χ0v) is 18.6. The first-order chi connectivity index (χ1) is 15.2. The average Bonchev–Trinajstić information content (AvgIpc) is 3.06. The Bertz CT molecular complexity index is 923. The molecule has 2 amide bonds. The van der Waals surface area contributed by atoms with E-state index in [4.69, 9.17) is 0 Å². The van der Waals surface area contributed by atoms with Gasteiger partial charge in [0.05, 0.1) is 15.9 Å². The molecule has 1 N–H and O–H groups in total. The van der Waals surface area contributed by atoms with E-state index in [2.05, 4.69) is 15.2 Å². The van der Waals surface area contributed by atoms with E-state index in [1.807, 2.05) is 54.6 Å². The molecular weight excluding hydrogens is 406 g/mol. The van der Waals surface area contributed by atoms with Gasteiger partial charge in [0.25, 0.3) is 11.8 Å². The van der Waals surface area contributed by atoms with E-state index >= 15 is 0 Å². The second-order valence-electron chi connectivity index (χ2n) is 8.12. The second-order valence-corrected chi connectivity index (χ2v) is 9.30. The molecule has 1 aromatic carbocycles. The number of carbonyl (C=O) groups excluding carboxylic acids is 2. The van der Waals surface area contributed by atoms with Gasteiger partial charge in [0, 0.05) is 12.1 Å². The first kappa shape index (κ1) is 21.8. The lowest BCUT2D eigenvalue weighted by molar-refractivity contribution is -0.113. The molecule has 0 spiro atoms. The normalized spacial score (nSPS) is 22.7. The van der Waals surface area contributed by atoms with Gasteiger partial charge in [-0.2, -0.15) is 0 Å². The summed E-state index contributed by atoms with van der Waals surface area (Å²) in [4.78, 5) is 32.1. The van der Waals surface area contributed by atoms with Crippen LogP contribution in [0.2, 0.25) is 0 Å². The number of allylic oxidation sites excluding steroid dienone is 3. The Hall–Kier alpha value is -2.44. The standard InChI is InChI=1S/C25H29N3O2S/c29-24(26-14-7-17-28-15-5-1-2-6-16-28)20-12-10-19(11-13-20)18-23-25(30)27-21-8-3-4-9-22(21)31-23/h3-4,8-13,18,22H,1-2,5-7,14-17H2,(H,26,29)/b23-18+. The summed E-state index contributed by atoms with van der Waals surface area (Å²) in [7, 11) is 0. The summed E-state index contributed by atoms with van der Waals surface area (Å²) in [5.74, 6) is -0.256. The smallest absolute Gasteiger partial charge is 0.283 e. The predicted molar refractivity (Wildman–Crippen MR) is 128 cm³/mol. The summed E-state index contributed by atoms with van der Waals surface area (Å²) in [6.45, 7) is 4.11. The minimum atomic E-state index is -0.206. The Morgan fingerprint density at radius 2 is 1.90 bits per heavy atom. The van der Waals surface area contributed by atoms with Crippen LogP contribution in [-0.2, 0) is 4.79 Å². The lowest BCUT2D eigenvalue weighted by atomic mass is 10.1. The summed E-state index contributed by atoms with van der Waals surface area (Å²) >= 11 is 1.51. The first-order valence-corrected chi connectivity index (χ1v) is 12.0. The fourth-order valence-electron chi connectivity index (χ4n) is 4.02. The van der Waals surface area contributed by atoms with E-state index in [9.17, 15) is 9.59 Å². The molecule has 0 aromatic heterocycles. The summed E-state index contributed by atoms with van der Waals surface area (Å²) in [5.41, 5.74) is 2.33. The van der Waals surface area contributed by atoms with E-state index in [-0.39, 0.29) is 17.1 Å². The Kier molecular flexibility index (Phi) is 7.54. The molecule has 1 aromatic rings. The number of aliphatic imine (C=N–C) groups is 1. The minimum Gasteiger partial charge on any atom is -0.352 e. The number of nitrogens with zero attached hydrogens (tertiary/aromatic N) is 2. The van der Waals surface area contributed by atoms with Gasteiger partial charge in [-0.1, -0.05) is 43.2 Å². The van der Waals surface area contributed by atoms with E-state index in [0.717, 1.165) is 24.2 Å². The van der Waals surface area contributed by atoms with E-state index in [0.29, 0.717) is 17.0 Å². The molecule has 0 radical (unpaired) electrons. The number of carbonyl (C=O) groups is 2. The molecule has 0 saturated carbocycles. The number of nitrogens with one attached hydrogen (secondary N) is 1. The number of hydrogen-bond donors (Lipinski definition) is 1. The van der Waals surface area contributed by atoms with Gasteiger partial charge in [-0.25, -0.2) is 4.99 Å². The van der Waals surface area contributed by atoms with Crippen LogP contribution in [0.3, 0.4) is 0 Å². The molecular formula is C25H29N3O2S. The molecule has 4 rings (SSSR count). The highest BCUT2D eigenvalue weighted by molar-refractivity contribution is 8.05. The van der Waals surface area contributed by atoms with Gasteiger partial charge >= 0.3 is 0 Å². The monoisotopic (exact) mass is 435 g/mol. The average molecular weight is 436 g/mol. The Labute approximate surface area is 188 Å². The molecule has 3 aliphatic rings. The number of amides is 2. The Morgan fingerprint density at radius 3 is 2.68 bits per heavy atom. The maximum atomic E-state index is 12.4. The van der Waals surface area contributed by atoms with Crippen LogP contribution in [0.1, 0.15) is 48.0 Å². The van der Waals surface area contributed by atoms with Crippen molar-refractivity contribution in [3.05, 3.63) is 64.6 Å². The lowest BCUT2D eigenvalue weighted by Crippen LogP contribution is -2.30. The van der Waals surface area contributed by atoms with Crippen LogP contribution in [-0.4, -0.2) is 53.9 Å². The molecule has 31 heavy (non-hydrogen) atoms. The Morgan fingerprint density at radius 1 is 1.13 bits per heavy atom. The summed E-state index contributed by atoms with van der Waals surface area (Å²) < 4.78 is 0. The second kappa shape index (κ2) is 10.7.